The molecule has 0 radical (unpaired) electrons. The fraction of sp³-hybridized carbons (Fsp3) is 0.600. The van der Waals surface area contributed by atoms with Crippen LogP contribution < -0.4 is 5.73 Å². The topological polar surface area (TPSA) is 66.6 Å². The summed E-state index contributed by atoms with van der Waals surface area (Å²) in [6.07, 6.45) is 0. The zero-order valence-corrected chi connectivity index (χ0v) is 13.9. The number of aryl methyl sites for hydroxylation is 1. The Balaban J connectivity index is 2.09. The first-order valence-corrected chi connectivity index (χ1v) is 8.73. The lowest BCUT2D eigenvalue weighted by Gasteiger charge is -2.43. The van der Waals surface area contributed by atoms with Crippen LogP contribution in [0.1, 0.15) is 19.4 Å². The van der Waals surface area contributed by atoms with Crippen molar-refractivity contribution in [3.63, 3.8) is 0 Å². The molecular weight excluding hydrogens is 286 g/mol. The maximum atomic E-state index is 12.6. The molecule has 5 nitrogen and oxygen atoms in total. The van der Waals surface area contributed by atoms with Crippen molar-refractivity contribution < 1.29 is 8.42 Å². The van der Waals surface area contributed by atoms with Gasteiger partial charge in [0.15, 0.2) is 0 Å². The molecular formula is C15H25N3O2S. The third-order valence-corrected chi connectivity index (χ3v) is 6.17. The van der Waals surface area contributed by atoms with E-state index < -0.39 is 10.0 Å². The Morgan fingerprint density at radius 3 is 2.10 bits per heavy atom. The van der Waals surface area contributed by atoms with Crippen molar-refractivity contribution in [3.8, 4) is 0 Å². The van der Waals surface area contributed by atoms with E-state index >= 15 is 0 Å². The first-order chi connectivity index (χ1) is 9.77. The van der Waals surface area contributed by atoms with Crippen LogP contribution in [0.2, 0.25) is 0 Å². The van der Waals surface area contributed by atoms with E-state index in [1.54, 1.807) is 16.4 Å². The van der Waals surface area contributed by atoms with Gasteiger partial charge >= 0.3 is 0 Å². The van der Waals surface area contributed by atoms with E-state index in [1.165, 1.54) is 0 Å². The molecule has 0 aliphatic carbocycles. The summed E-state index contributed by atoms with van der Waals surface area (Å²) in [5.41, 5.74) is 6.76. The smallest absolute Gasteiger partial charge is 0.243 e. The predicted molar refractivity (Wildman–Crippen MR) is 84.6 cm³/mol. The Labute approximate surface area is 127 Å². The van der Waals surface area contributed by atoms with Crippen molar-refractivity contribution >= 4 is 10.0 Å². The number of hydrogen-bond donors (Lipinski definition) is 1. The maximum Gasteiger partial charge on any atom is 0.243 e. The second-order valence-corrected chi connectivity index (χ2v) is 8.16. The molecule has 0 spiro atoms. The molecule has 1 saturated heterocycles. The van der Waals surface area contributed by atoms with Crippen LogP contribution in [-0.2, 0) is 10.0 Å². The van der Waals surface area contributed by atoms with Gasteiger partial charge in [-0.2, -0.15) is 4.31 Å². The van der Waals surface area contributed by atoms with Gasteiger partial charge in [0, 0.05) is 38.3 Å². The zero-order valence-electron chi connectivity index (χ0n) is 13.0. The molecule has 0 saturated carbocycles. The first kappa shape index (κ1) is 16.4. The minimum Gasteiger partial charge on any atom is -0.329 e. The molecule has 0 aromatic heterocycles. The fourth-order valence-electron chi connectivity index (χ4n) is 2.52. The van der Waals surface area contributed by atoms with Gasteiger partial charge in [0.1, 0.15) is 0 Å². The summed E-state index contributed by atoms with van der Waals surface area (Å²) < 4.78 is 26.8. The standard InChI is InChI=1S/C15H25N3O2S/c1-13-4-6-14(7-5-13)21(19,20)18-10-8-17(9-11-18)15(2,3)12-16/h4-7H,8-12,16H2,1-3H3. The third-order valence-electron chi connectivity index (χ3n) is 4.25. The molecule has 0 bridgehead atoms. The summed E-state index contributed by atoms with van der Waals surface area (Å²) >= 11 is 0. The Morgan fingerprint density at radius 2 is 1.62 bits per heavy atom. The van der Waals surface area contributed by atoms with Gasteiger partial charge in [0.05, 0.1) is 4.90 Å². The highest BCUT2D eigenvalue weighted by Crippen LogP contribution is 2.21. The summed E-state index contributed by atoms with van der Waals surface area (Å²) in [5, 5.41) is 0. The molecule has 21 heavy (non-hydrogen) atoms. The summed E-state index contributed by atoms with van der Waals surface area (Å²) in [6.45, 7) is 9.17. The number of benzene rings is 1. The number of nitrogens with two attached hydrogens (primary N) is 1. The number of piperazine rings is 1. The Morgan fingerprint density at radius 1 is 1.10 bits per heavy atom. The van der Waals surface area contributed by atoms with Crippen LogP contribution in [0, 0.1) is 6.92 Å². The van der Waals surface area contributed by atoms with E-state index in [-0.39, 0.29) is 5.54 Å². The Kier molecular flexibility index (Phi) is 4.72. The van der Waals surface area contributed by atoms with Crippen LogP contribution >= 0.6 is 0 Å². The van der Waals surface area contributed by atoms with Gasteiger partial charge in [-0.15, -0.1) is 0 Å². The van der Waals surface area contributed by atoms with Gasteiger partial charge in [-0.05, 0) is 32.9 Å². The van der Waals surface area contributed by atoms with Gasteiger partial charge in [-0.3, -0.25) is 4.90 Å². The molecule has 118 valence electrons. The number of nitrogens with zero attached hydrogens (tertiary/aromatic N) is 2. The van der Waals surface area contributed by atoms with E-state index in [9.17, 15) is 8.42 Å². The van der Waals surface area contributed by atoms with E-state index in [2.05, 4.69) is 18.7 Å². The number of hydrogen-bond acceptors (Lipinski definition) is 4. The van der Waals surface area contributed by atoms with Crippen LogP contribution in [-0.4, -0.2) is 55.9 Å². The molecule has 6 heteroatoms. The average molecular weight is 311 g/mol. The average Bonchev–Trinajstić information content (AvgIpc) is 2.48. The number of rotatable bonds is 4. The Bertz CT molecular complexity index is 573. The van der Waals surface area contributed by atoms with Crippen LogP contribution in [0.15, 0.2) is 29.2 Å². The van der Waals surface area contributed by atoms with Crippen molar-refractivity contribution in [1.29, 1.82) is 0 Å². The van der Waals surface area contributed by atoms with Crippen molar-refractivity contribution in [1.82, 2.24) is 9.21 Å². The van der Waals surface area contributed by atoms with Gasteiger partial charge in [-0.1, -0.05) is 17.7 Å². The van der Waals surface area contributed by atoms with Crippen LogP contribution in [0.3, 0.4) is 0 Å². The summed E-state index contributed by atoms with van der Waals surface area (Å²) in [5.74, 6) is 0. The summed E-state index contributed by atoms with van der Waals surface area (Å²) in [7, 11) is -3.38. The molecule has 1 aliphatic rings. The predicted octanol–water partition coefficient (Wildman–Crippen LogP) is 1.04. The van der Waals surface area contributed by atoms with Gasteiger partial charge in [-0.25, -0.2) is 8.42 Å². The highest BCUT2D eigenvalue weighted by molar-refractivity contribution is 7.89. The quantitative estimate of drug-likeness (QED) is 0.902. The molecule has 1 aliphatic heterocycles. The highest BCUT2D eigenvalue weighted by Gasteiger charge is 2.33. The number of sulfonamides is 1. The van der Waals surface area contributed by atoms with Crippen molar-refractivity contribution in [2.45, 2.75) is 31.2 Å². The highest BCUT2D eigenvalue weighted by atomic mass is 32.2. The summed E-state index contributed by atoms with van der Waals surface area (Å²) in [4.78, 5) is 2.63. The largest absolute Gasteiger partial charge is 0.329 e. The molecule has 1 heterocycles. The lowest BCUT2D eigenvalue weighted by Crippen LogP contribution is -2.58. The van der Waals surface area contributed by atoms with Crippen molar-refractivity contribution in [2.75, 3.05) is 32.7 Å². The van der Waals surface area contributed by atoms with E-state index in [4.69, 9.17) is 5.73 Å². The lowest BCUT2D eigenvalue weighted by molar-refractivity contribution is 0.0850. The van der Waals surface area contributed by atoms with E-state index in [0.717, 1.165) is 18.7 Å². The third kappa shape index (κ3) is 3.45. The second kappa shape index (κ2) is 6.04. The molecule has 0 unspecified atom stereocenters. The normalized spacial score (nSPS) is 18.9. The van der Waals surface area contributed by atoms with Crippen LogP contribution in [0.4, 0.5) is 0 Å². The Hall–Kier alpha value is -0.950. The molecule has 0 atom stereocenters. The molecule has 2 rings (SSSR count). The molecule has 1 aromatic rings. The monoisotopic (exact) mass is 311 g/mol. The summed E-state index contributed by atoms with van der Waals surface area (Å²) in [6, 6.07) is 7.03. The van der Waals surface area contributed by atoms with Crippen LogP contribution in [0.5, 0.6) is 0 Å². The molecule has 2 N–H and O–H groups in total. The van der Waals surface area contributed by atoms with Crippen molar-refractivity contribution in [3.05, 3.63) is 29.8 Å². The van der Waals surface area contributed by atoms with Gasteiger partial charge in [0.2, 0.25) is 10.0 Å². The van der Waals surface area contributed by atoms with Crippen molar-refractivity contribution in [2.24, 2.45) is 5.73 Å². The molecule has 1 fully saturated rings. The van der Waals surface area contributed by atoms with E-state index in [0.29, 0.717) is 24.5 Å². The maximum absolute atomic E-state index is 12.6. The second-order valence-electron chi connectivity index (χ2n) is 6.22. The first-order valence-electron chi connectivity index (χ1n) is 7.29. The van der Waals surface area contributed by atoms with E-state index in [1.807, 2.05) is 19.1 Å². The minimum absolute atomic E-state index is 0.0836. The van der Waals surface area contributed by atoms with Gasteiger partial charge in [0.25, 0.3) is 0 Å². The fourth-order valence-corrected chi connectivity index (χ4v) is 3.94. The van der Waals surface area contributed by atoms with Crippen LogP contribution in [0.25, 0.3) is 0 Å². The lowest BCUT2D eigenvalue weighted by atomic mass is 10.0. The molecule has 0 amide bonds. The minimum atomic E-state index is -3.38. The van der Waals surface area contributed by atoms with Gasteiger partial charge < -0.3 is 5.73 Å². The SMILES string of the molecule is Cc1ccc(S(=O)(=O)N2CCN(C(C)(C)CN)CC2)cc1. The molecule has 1 aromatic carbocycles. The zero-order chi connectivity index (χ0) is 15.7.